The maximum absolute atomic E-state index is 11.8. The van der Waals surface area contributed by atoms with Crippen molar-refractivity contribution in [2.45, 2.75) is 25.8 Å². The van der Waals surface area contributed by atoms with Gasteiger partial charge in [-0.1, -0.05) is 30.3 Å². The minimum Gasteiger partial charge on any atom is -0.367 e. The molecular weight excluding hydrogens is 362 g/mol. The lowest BCUT2D eigenvalue weighted by Gasteiger charge is -2.25. The van der Waals surface area contributed by atoms with Crippen molar-refractivity contribution in [3.05, 3.63) is 65.2 Å². The van der Waals surface area contributed by atoms with Crippen LogP contribution in [-0.2, 0) is 12.8 Å². The molecule has 3 N–H and O–H groups in total. The molecule has 0 aliphatic carbocycles. The summed E-state index contributed by atoms with van der Waals surface area (Å²) in [7, 11) is 3.43. The molecule has 1 unspecified atom stereocenters. The van der Waals surface area contributed by atoms with Crippen molar-refractivity contribution in [2.24, 2.45) is 4.99 Å². The van der Waals surface area contributed by atoms with Crippen LogP contribution in [0.1, 0.15) is 28.4 Å². The maximum atomic E-state index is 11.8. The summed E-state index contributed by atoms with van der Waals surface area (Å²) in [6.45, 7) is 4.79. The molecule has 0 fully saturated rings. The largest absolute Gasteiger partial charge is 0.367 e. The number of amides is 1. The molecule has 29 heavy (non-hydrogen) atoms. The molecule has 1 amide bonds. The molecule has 0 saturated heterocycles. The van der Waals surface area contributed by atoms with Gasteiger partial charge in [-0.25, -0.2) is 0 Å². The molecule has 154 valence electrons. The standard InChI is InChI=1S/C23H31N5O/c1-17-15-19-8-4-5-10-21(19)28(17)14-13-27-23(25-3)26-12-11-18-7-6-9-20(16-18)22(29)24-2/h4-10,16-17H,11-15H2,1-3H3,(H,24,29)(H2,25,26,27). The van der Waals surface area contributed by atoms with Crippen molar-refractivity contribution >= 4 is 17.6 Å². The van der Waals surface area contributed by atoms with Gasteiger partial charge >= 0.3 is 0 Å². The summed E-state index contributed by atoms with van der Waals surface area (Å²) >= 11 is 0. The van der Waals surface area contributed by atoms with Crippen molar-refractivity contribution in [1.29, 1.82) is 0 Å². The molecule has 0 spiro atoms. The Hall–Kier alpha value is -3.02. The molecular formula is C23H31N5O. The molecule has 3 rings (SSSR count). The van der Waals surface area contributed by atoms with Gasteiger partial charge in [0.1, 0.15) is 0 Å². The van der Waals surface area contributed by atoms with Crippen LogP contribution in [0.15, 0.2) is 53.5 Å². The maximum Gasteiger partial charge on any atom is 0.251 e. The average Bonchev–Trinajstić information content (AvgIpc) is 3.07. The molecule has 6 heteroatoms. The van der Waals surface area contributed by atoms with E-state index >= 15 is 0 Å². The smallest absolute Gasteiger partial charge is 0.251 e. The lowest BCUT2D eigenvalue weighted by Crippen LogP contribution is -2.43. The monoisotopic (exact) mass is 393 g/mol. The Morgan fingerprint density at radius 1 is 1.14 bits per heavy atom. The van der Waals surface area contributed by atoms with Gasteiger partial charge in [0.15, 0.2) is 5.96 Å². The van der Waals surface area contributed by atoms with Crippen molar-refractivity contribution < 1.29 is 4.79 Å². The Morgan fingerprint density at radius 2 is 1.93 bits per heavy atom. The number of fused-ring (bicyclic) bond motifs is 1. The fourth-order valence-corrected chi connectivity index (χ4v) is 3.82. The molecule has 2 aromatic rings. The number of carbonyl (C=O) groups is 1. The van der Waals surface area contributed by atoms with Crippen LogP contribution in [0, 0.1) is 0 Å². The lowest BCUT2D eigenvalue weighted by atomic mass is 10.1. The van der Waals surface area contributed by atoms with Crippen molar-refractivity contribution in [3.63, 3.8) is 0 Å². The van der Waals surface area contributed by atoms with Gasteiger partial charge in [0.05, 0.1) is 0 Å². The average molecular weight is 394 g/mol. The van der Waals surface area contributed by atoms with E-state index in [-0.39, 0.29) is 5.91 Å². The van der Waals surface area contributed by atoms with Crippen molar-refractivity contribution in [1.82, 2.24) is 16.0 Å². The molecule has 0 bridgehead atoms. The lowest BCUT2D eigenvalue weighted by molar-refractivity contribution is 0.0963. The first kappa shape index (κ1) is 20.7. The van der Waals surface area contributed by atoms with E-state index in [1.54, 1.807) is 14.1 Å². The topological polar surface area (TPSA) is 68.8 Å². The quantitative estimate of drug-likeness (QED) is 0.498. The van der Waals surface area contributed by atoms with Crippen LogP contribution in [0.3, 0.4) is 0 Å². The number of para-hydroxylation sites is 1. The summed E-state index contributed by atoms with van der Waals surface area (Å²) in [5, 5.41) is 9.42. The summed E-state index contributed by atoms with van der Waals surface area (Å²) < 4.78 is 0. The Morgan fingerprint density at radius 3 is 2.72 bits per heavy atom. The number of nitrogens with zero attached hydrogens (tertiary/aromatic N) is 2. The normalized spacial score (nSPS) is 15.8. The van der Waals surface area contributed by atoms with Crippen LogP contribution in [-0.4, -0.2) is 51.6 Å². The van der Waals surface area contributed by atoms with Gasteiger partial charge in [-0.05, 0) is 49.1 Å². The van der Waals surface area contributed by atoms with Gasteiger partial charge in [0.25, 0.3) is 5.91 Å². The molecule has 1 aliphatic rings. The second-order valence-electron chi connectivity index (χ2n) is 7.33. The summed E-state index contributed by atoms with van der Waals surface area (Å²) in [5.74, 6) is 0.739. The van der Waals surface area contributed by atoms with E-state index in [1.165, 1.54) is 11.3 Å². The van der Waals surface area contributed by atoms with Crippen LogP contribution >= 0.6 is 0 Å². The Labute approximate surface area is 173 Å². The first-order valence-electron chi connectivity index (χ1n) is 10.2. The second kappa shape index (κ2) is 9.96. The number of benzene rings is 2. The molecule has 6 nitrogen and oxygen atoms in total. The SMILES string of the molecule is CN=C(NCCc1cccc(C(=O)NC)c1)NCCN1c2ccccc2CC1C. The van der Waals surface area contributed by atoms with Gasteiger partial charge in [-0.3, -0.25) is 9.79 Å². The summed E-state index contributed by atoms with van der Waals surface area (Å²) in [5.41, 5.74) is 4.59. The molecule has 1 aliphatic heterocycles. The zero-order valence-electron chi connectivity index (χ0n) is 17.5. The molecule has 0 aromatic heterocycles. The van der Waals surface area contributed by atoms with E-state index < -0.39 is 0 Å². The van der Waals surface area contributed by atoms with E-state index in [4.69, 9.17) is 0 Å². The van der Waals surface area contributed by atoms with Gasteiger partial charge in [0, 0.05) is 51.0 Å². The van der Waals surface area contributed by atoms with Crippen LogP contribution in [0.5, 0.6) is 0 Å². The summed E-state index contributed by atoms with van der Waals surface area (Å²) in [6.07, 6.45) is 1.93. The number of anilines is 1. The molecule has 0 radical (unpaired) electrons. The highest BCUT2D eigenvalue weighted by Crippen LogP contribution is 2.31. The second-order valence-corrected chi connectivity index (χ2v) is 7.33. The van der Waals surface area contributed by atoms with Crippen molar-refractivity contribution in [3.8, 4) is 0 Å². The van der Waals surface area contributed by atoms with Crippen molar-refractivity contribution in [2.75, 3.05) is 38.6 Å². The van der Waals surface area contributed by atoms with Crippen LogP contribution < -0.4 is 20.9 Å². The molecule has 0 saturated carbocycles. The number of carbonyl (C=O) groups excluding carboxylic acids is 1. The highest BCUT2D eigenvalue weighted by atomic mass is 16.1. The zero-order valence-corrected chi connectivity index (χ0v) is 17.5. The molecule has 2 aromatic carbocycles. The Bertz CT molecular complexity index is 864. The van der Waals surface area contributed by atoms with E-state index in [0.717, 1.165) is 44.0 Å². The fraction of sp³-hybridized carbons (Fsp3) is 0.391. The predicted molar refractivity (Wildman–Crippen MR) is 120 cm³/mol. The van der Waals surface area contributed by atoms with Gasteiger partial charge in [-0.15, -0.1) is 0 Å². The van der Waals surface area contributed by atoms with E-state index in [2.05, 4.69) is 57.0 Å². The van der Waals surface area contributed by atoms with Gasteiger partial charge in [-0.2, -0.15) is 0 Å². The summed E-state index contributed by atoms with van der Waals surface area (Å²) in [4.78, 5) is 18.5. The fourth-order valence-electron chi connectivity index (χ4n) is 3.82. The van der Waals surface area contributed by atoms with Gasteiger partial charge in [0.2, 0.25) is 0 Å². The minimum absolute atomic E-state index is 0.0602. The number of guanidine groups is 1. The van der Waals surface area contributed by atoms with E-state index in [1.807, 2.05) is 24.3 Å². The third-order valence-electron chi connectivity index (χ3n) is 5.34. The molecule has 1 heterocycles. The molecule has 1 atom stereocenters. The Balaban J connectivity index is 1.44. The summed E-state index contributed by atoms with van der Waals surface area (Å²) in [6, 6.07) is 16.9. The third-order valence-corrected chi connectivity index (χ3v) is 5.34. The highest BCUT2D eigenvalue weighted by molar-refractivity contribution is 5.94. The number of aliphatic imine (C=N–C) groups is 1. The van der Waals surface area contributed by atoms with E-state index in [0.29, 0.717) is 11.6 Å². The zero-order chi connectivity index (χ0) is 20.6. The first-order chi connectivity index (χ1) is 14.1. The van der Waals surface area contributed by atoms with Crippen LogP contribution in [0.2, 0.25) is 0 Å². The number of nitrogens with one attached hydrogen (secondary N) is 3. The highest BCUT2D eigenvalue weighted by Gasteiger charge is 2.24. The first-order valence-corrected chi connectivity index (χ1v) is 10.2. The number of rotatable bonds is 7. The van der Waals surface area contributed by atoms with E-state index in [9.17, 15) is 4.79 Å². The van der Waals surface area contributed by atoms with Gasteiger partial charge < -0.3 is 20.9 Å². The number of hydrogen-bond donors (Lipinski definition) is 3. The van der Waals surface area contributed by atoms with Crippen LogP contribution in [0.25, 0.3) is 0 Å². The predicted octanol–water partition coefficient (Wildman–Crippen LogP) is 2.20. The Kier molecular flexibility index (Phi) is 7.11. The minimum atomic E-state index is -0.0602. The number of hydrogen-bond acceptors (Lipinski definition) is 3. The van der Waals surface area contributed by atoms with Crippen LogP contribution in [0.4, 0.5) is 5.69 Å². The third kappa shape index (κ3) is 5.28.